The smallest absolute Gasteiger partial charge is 0.334 e. The van der Waals surface area contributed by atoms with Crippen LogP contribution in [0.25, 0.3) is 11.1 Å². The number of carbonyl (C=O) groups is 1. The van der Waals surface area contributed by atoms with Crippen molar-refractivity contribution in [1.29, 1.82) is 0 Å². The number of likely N-dealkylation sites (N-methyl/N-ethyl adjacent to an activating group) is 1. The van der Waals surface area contributed by atoms with Crippen LogP contribution in [0.2, 0.25) is 0 Å². The third kappa shape index (κ3) is 2.95. The number of rotatable bonds is 3. The molecule has 3 nitrogen and oxygen atoms in total. The molecule has 0 spiro atoms. The van der Waals surface area contributed by atoms with Gasteiger partial charge in [-0.1, -0.05) is 42.5 Å². The van der Waals surface area contributed by atoms with E-state index < -0.39 is 5.97 Å². The Morgan fingerprint density at radius 3 is 2.12 bits per heavy atom. The van der Waals surface area contributed by atoms with Crippen molar-refractivity contribution in [2.45, 2.75) is 19.9 Å². The molecule has 0 saturated carbocycles. The summed E-state index contributed by atoms with van der Waals surface area (Å²) in [6, 6.07) is 15.4. The van der Waals surface area contributed by atoms with Crippen LogP contribution in [0.4, 0.5) is 4.39 Å². The van der Waals surface area contributed by atoms with Gasteiger partial charge >= 0.3 is 5.97 Å². The number of carboxylic acid groups (broad SMARTS) is 1. The fourth-order valence-corrected chi connectivity index (χ4v) is 3.35. The first kappa shape index (κ1) is 17.0. The summed E-state index contributed by atoms with van der Waals surface area (Å²) < 4.78 is 13.4. The minimum absolute atomic E-state index is 0.287. The molecular weight excluding hydrogens is 317 g/mol. The van der Waals surface area contributed by atoms with E-state index in [-0.39, 0.29) is 11.9 Å². The molecule has 0 radical (unpaired) electrons. The first-order valence-corrected chi connectivity index (χ1v) is 8.14. The van der Waals surface area contributed by atoms with Gasteiger partial charge in [0.2, 0.25) is 0 Å². The van der Waals surface area contributed by atoms with Gasteiger partial charge in [-0.05, 0) is 37.1 Å². The van der Waals surface area contributed by atoms with Crippen molar-refractivity contribution in [1.82, 2.24) is 4.90 Å². The van der Waals surface area contributed by atoms with Gasteiger partial charge in [0.25, 0.3) is 0 Å². The molecule has 0 aliphatic carbocycles. The van der Waals surface area contributed by atoms with Crippen molar-refractivity contribution in [3.8, 4) is 0 Å². The maximum absolute atomic E-state index is 13.4. The molecule has 0 aromatic heterocycles. The lowest BCUT2D eigenvalue weighted by molar-refractivity contribution is -0.133. The molecule has 0 fully saturated rings. The van der Waals surface area contributed by atoms with E-state index in [1.807, 2.05) is 56.1 Å². The van der Waals surface area contributed by atoms with E-state index in [9.17, 15) is 14.3 Å². The second-order valence-electron chi connectivity index (χ2n) is 6.21. The Labute approximate surface area is 146 Å². The van der Waals surface area contributed by atoms with Crippen LogP contribution in [0.15, 0.2) is 65.9 Å². The average molecular weight is 337 g/mol. The maximum Gasteiger partial charge on any atom is 0.334 e. The second kappa shape index (κ2) is 6.55. The predicted octanol–water partition coefficient (Wildman–Crippen LogP) is 4.43. The van der Waals surface area contributed by atoms with Crippen LogP contribution >= 0.6 is 0 Å². The van der Waals surface area contributed by atoms with Crippen molar-refractivity contribution in [2.75, 3.05) is 7.05 Å². The Morgan fingerprint density at radius 2 is 1.56 bits per heavy atom. The summed E-state index contributed by atoms with van der Waals surface area (Å²) in [5, 5.41) is 9.88. The highest BCUT2D eigenvalue weighted by Crippen LogP contribution is 2.42. The summed E-state index contributed by atoms with van der Waals surface area (Å²) in [5.74, 6) is -1.30. The highest BCUT2D eigenvalue weighted by atomic mass is 19.1. The van der Waals surface area contributed by atoms with E-state index in [4.69, 9.17) is 0 Å². The fraction of sp³-hybridized carbons (Fsp3) is 0.190. The number of hydrogen-bond acceptors (Lipinski definition) is 2. The quantitative estimate of drug-likeness (QED) is 0.901. The number of hydrogen-bond donors (Lipinski definition) is 1. The van der Waals surface area contributed by atoms with Gasteiger partial charge in [0.1, 0.15) is 5.82 Å². The molecule has 2 aromatic carbocycles. The highest BCUT2D eigenvalue weighted by molar-refractivity contribution is 6.15. The van der Waals surface area contributed by atoms with Gasteiger partial charge in [0, 0.05) is 23.9 Å². The lowest BCUT2D eigenvalue weighted by Crippen LogP contribution is -2.36. The molecule has 2 aromatic rings. The van der Waals surface area contributed by atoms with Crippen LogP contribution in [0.3, 0.4) is 0 Å². The standard InChI is InChI=1S/C21H20FNO2/c1-13-18(15-7-5-4-6-8-15)20(16-9-11-17(22)12-10-16)19(21(24)25)14(2)23(13)3/h4-12,14H,1-3H3,(H,24,25). The number of carboxylic acids is 1. The van der Waals surface area contributed by atoms with Gasteiger partial charge in [-0.3, -0.25) is 0 Å². The van der Waals surface area contributed by atoms with E-state index >= 15 is 0 Å². The molecule has 4 heteroatoms. The van der Waals surface area contributed by atoms with E-state index in [0.717, 1.165) is 16.8 Å². The minimum atomic E-state index is -0.959. The zero-order chi connectivity index (χ0) is 18.1. The van der Waals surface area contributed by atoms with Crippen molar-refractivity contribution in [2.24, 2.45) is 0 Å². The van der Waals surface area contributed by atoms with Crippen LogP contribution in [0.1, 0.15) is 25.0 Å². The lowest BCUT2D eigenvalue weighted by atomic mass is 9.82. The Balaban J connectivity index is 2.35. The first-order chi connectivity index (χ1) is 11.9. The largest absolute Gasteiger partial charge is 0.478 e. The molecule has 1 heterocycles. The van der Waals surface area contributed by atoms with E-state index in [1.165, 1.54) is 12.1 Å². The van der Waals surface area contributed by atoms with Gasteiger partial charge < -0.3 is 10.0 Å². The van der Waals surface area contributed by atoms with Gasteiger partial charge in [-0.15, -0.1) is 0 Å². The Morgan fingerprint density at radius 1 is 1.00 bits per heavy atom. The molecule has 3 rings (SSSR count). The van der Waals surface area contributed by atoms with E-state index in [1.54, 1.807) is 12.1 Å². The van der Waals surface area contributed by atoms with Crippen molar-refractivity contribution < 1.29 is 14.3 Å². The zero-order valence-corrected chi connectivity index (χ0v) is 14.5. The second-order valence-corrected chi connectivity index (χ2v) is 6.21. The van der Waals surface area contributed by atoms with Gasteiger partial charge in [-0.25, -0.2) is 9.18 Å². The summed E-state index contributed by atoms with van der Waals surface area (Å²) in [7, 11) is 1.90. The SMILES string of the molecule is CC1=C(c2ccccc2)C(c2ccc(F)cc2)=C(C(=O)O)C(C)N1C. The highest BCUT2D eigenvalue weighted by Gasteiger charge is 2.33. The summed E-state index contributed by atoms with van der Waals surface area (Å²) in [4.78, 5) is 14.0. The average Bonchev–Trinajstić information content (AvgIpc) is 2.60. The molecule has 0 bridgehead atoms. The number of benzene rings is 2. The minimum Gasteiger partial charge on any atom is -0.478 e. The van der Waals surface area contributed by atoms with Crippen molar-refractivity contribution >= 4 is 17.1 Å². The molecule has 0 amide bonds. The summed E-state index contributed by atoms with van der Waals surface area (Å²) >= 11 is 0. The number of halogens is 1. The maximum atomic E-state index is 13.4. The van der Waals surface area contributed by atoms with Crippen LogP contribution in [-0.4, -0.2) is 29.1 Å². The van der Waals surface area contributed by atoms with Crippen LogP contribution < -0.4 is 0 Å². The lowest BCUT2D eigenvalue weighted by Gasteiger charge is -2.37. The van der Waals surface area contributed by atoms with E-state index in [0.29, 0.717) is 16.7 Å². The third-order valence-corrected chi connectivity index (χ3v) is 4.83. The third-order valence-electron chi connectivity index (χ3n) is 4.83. The Bertz CT molecular complexity index is 867. The first-order valence-electron chi connectivity index (χ1n) is 8.14. The monoisotopic (exact) mass is 337 g/mol. The molecule has 1 atom stereocenters. The number of aliphatic carboxylic acids is 1. The molecule has 128 valence electrons. The normalized spacial score (nSPS) is 17.9. The fourth-order valence-electron chi connectivity index (χ4n) is 3.35. The molecule has 1 aliphatic rings. The van der Waals surface area contributed by atoms with Crippen LogP contribution in [-0.2, 0) is 4.79 Å². The molecule has 1 N–H and O–H groups in total. The summed E-state index contributed by atoms with van der Waals surface area (Å²) in [5.41, 5.74) is 4.47. The van der Waals surface area contributed by atoms with Crippen molar-refractivity contribution in [3.63, 3.8) is 0 Å². The molecular formula is C21H20FNO2. The summed E-state index contributed by atoms with van der Waals surface area (Å²) in [6.45, 7) is 3.86. The topological polar surface area (TPSA) is 40.5 Å². The van der Waals surface area contributed by atoms with Crippen molar-refractivity contribution in [3.05, 3.63) is 82.8 Å². The molecule has 1 aliphatic heterocycles. The van der Waals surface area contributed by atoms with E-state index in [2.05, 4.69) is 0 Å². The Kier molecular flexibility index (Phi) is 4.45. The molecule has 0 saturated heterocycles. The molecule has 25 heavy (non-hydrogen) atoms. The number of nitrogens with zero attached hydrogens (tertiary/aromatic N) is 1. The van der Waals surface area contributed by atoms with Crippen LogP contribution in [0.5, 0.6) is 0 Å². The summed E-state index contributed by atoms with van der Waals surface area (Å²) in [6.07, 6.45) is 0. The van der Waals surface area contributed by atoms with Gasteiger partial charge in [-0.2, -0.15) is 0 Å². The van der Waals surface area contributed by atoms with Gasteiger partial charge in [0.15, 0.2) is 0 Å². The number of allylic oxidation sites excluding steroid dienone is 3. The zero-order valence-electron chi connectivity index (χ0n) is 14.5. The van der Waals surface area contributed by atoms with Gasteiger partial charge in [0.05, 0.1) is 11.6 Å². The predicted molar refractivity (Wildman–Crippen MR) is 97.2 cm³/mol. The van der Waals surface area contributed by atoms with Crippen LogP contribution in [0, 0.1) is 5.82 Å². The molecule has 1 unspecified atom stereocenters. The Hall–Kier alpha value is -2.88.